The molecule has 0 bridgehead atoms. The van der Waals surface area contributed by atoms with E-state index in [1.165, 1.54) is 0 Å². The summed E-state index contributed by atoms with van der Waals surface area (Å²) in [6, 6.07) is 10.1. The summed E-state index contributed by atoms with van der Waals surface area (Å²) in [7, 11) is 0. The van der Waals surface area contributed by atoms with Gasteiger partial charge in [-0.25, -0.2) is 0 Å². The van der Waals surface area contributed by atoms with E-state index in [4.69, 9.17) is 0 Å². The number of nitrogens with one attached hydrogen (secondary N) is 1. The normalized spacial score (nSPS) is 24.8. The molecule has 3 unspecified atom stereocenters. The van der Waals surface area contributed by atoms with E-state index < -0.39 is 0 Å². The van der Waals surface area contributed by atoms with Crippen molar-refractivity contribution in [2.75, 3.05) is 12.0 Å². The lowest BCUT2D eigenvalue weighted by Crippen LogP contribution is -2.44. The maximum absolute atomic E-state index is 12.6. The maximum atomic E-state index is 12.6. The summed E-state index contributed by atoms with van der Waals surface area (Å²) in [6.07, 6.45) is 3.17. The molecule has 1 fully saturated rings. The Hall–Kier alpha value is -1.00. The van der Waals surface area contributed by atoms with Crippen LogP contribution in [0.3, 0.4) is 0 Å². The maximum Gasteiger partial charge on any atom is 0.245 e. The summed E-state index contributed by atoms with van der Waals surface area (Å²) < 4.78 is 0. The van der Waals surface area contributed by atoms with Gasteiger partial charge in [-0.05, 0) is 25.2 Å². The molecule has 0 saturated carbocycles. The average molecular weight is 278 g/mol. The highest BCUT2D eigenvalue weighted by Crippen LogP contribution is 2.27. The highest BCUT2D eigenvalue weighted by atomic mass is 32.2. The van der Waals surface area contributed by atoms with E-state index in [0.717, 1.165) is 17.7 Å². The number of hydrogen-bond donors (Lipinski definition) is 1. The summed E-state index contributed by atoms with van der Waals surface area (Å²) in [6.45, 7) is 4.25. The molecule has 3 atom stereocenters. The molecule has 4 heteroatoms. The Labute approximate surface area is 119 Å². The van der Waals surface area contributed by atoms with E-state index in [1.807, 2.05) is 35.2 Å². The minimum absolute atomic E-state index is 0.153. The number of amides is 1. The van der Waals surface area contributed by atoms with Gasteiger partial charge in [0.25, 0.3) is 0 Å². The van der Waals surface area contributed by atoms with Gasteiger partial charge in [-0.2, -0.15) is 11.8 Å². The summed E-state index contributed by atoms with van der Waals surface area (Å²) >= 11 is 1.79. The molecule has 3 nitrogen and oxygen atoms in total. The van der Waals surface area contributed by atoms with E-state index in [9.17, 15) is 4.79 Å². The monoisotopic (exact) mass is 278 g/mol. The van der Waals surface area contributed by atoms with Crippen molar-refractivity contribution >= 4 is 17.7 Å². The lowest BCUT2D eigenvalue weighted by molar-refractivity contribution is -0.131. The van der Waals surface area contributed by atoms with Crippen LogP contribution in [0.1, 0.15) is 31.9 Å². The number of rotatable bonds is 5. The molecular formula is C15H22N2OS. The number of carbonyl (C=O) groups is 1. The second-order valence-electron chi connectivity index (χ2n) is 4.98. The number of thioether (sulfide) groups is 1. The zero-order valence-corrected chi connectivity index (χ0v) is 12.6. The topological polar surface area (TPSA) is 32.3 Å². The third-order valence-electron chi connectivity index (χ3n) is 3.60. The molecule has 1 heterocycles. The SMILES string of the molecule is CCC1NC(c2ccccc2)C(=O)N1C(C)CSC. The van der Waals surface area contributed by atoms with Crippen molar-refractivity contribution < 1.29 is 4.79 Å². The van der Waals surface area contributed by atoms with Gasteiger partial charge in [-0.3, -0.25) is 10.1 Å². The van der Waals surface area contributed by atoms with Crippen LogP contribution in [0.15, 0.2) is 30.3 Å². The molecule has 0 aromatic heterocycles. The van der Waals surface area contributed by atoms with Gasteiger partial charge in [0.2, 0.25) is 5.91 Å². The van der Waals surface area contributed by atoms with E-state index >= 15 is 0 Å². The van der Waals surface area contributed by atoms with E-state index in [2.05, 4.69) is 25.4 Å². The molecule has 1 aromatic rings. The first-order valence-electron chi connectivity index (χ1n) is 6.81. The fourth-order valence-corrected chi connectivity index (χ4v) is 3.33. The molecule has 19 heavy (non-hydrogen) atoms. The van der Waals surface area contributed by atoms with Crippen molar-refractivity contribution in [1.82, 2.24) is 10.2 Å². The van der Waals surface area contributed by atoms with Crippen molar-refractivity contribution in [3.8, 4) is 0 Å². The number of nitrogens with zero attached hydrogens (tertiary/aromatic N) is 1. The van der Waals surface area contributed by atoms with Crippen molar-refractivity contribution in [2.24, 2.45) is 0 Å². The first-order chi connectivity index (χ1) is 9.19. The number of hydrogen-bond acceptors (Lipinski definition) is 3. The Morgan fingerprint density at radius 3 is 2.63 bits per heavy atom. The summed E-state index contributed by atoms with van der Waals surface area (Å²) in [5.41, 5.74) is 1.06. The first-order valence-corrected chi connectivity index (χ1v) is 8.20. The van der Waals surface area contributed by atoms with Crippen molar-refractivity contribution in [3.63, 3.8) is 0 Å². The number of benzene rings is 1. The molecule has 1 amide bonds. The van der Waals surface area contributed by atoms with Gasteiger partial charge in [0, 0.05) is 11.8 Å². The van der Waals surface area contributed by atoms with E-state index in [0.29, 0.717) is 0 Å². The Kier molecular flexibility index (Phi) is 4.88. The summed E-state index contributed by atoms with van der Waals surface area (Å²) in [4.78, 5) is 14.7. The van der Waals surface area contributed by atoms with Gasteiger partial charge in [-0.1, -0.05) is 37.3 Å². The van der Waals surface area contributed by atoms with E-state index in [1.54, 1.807) is 11.8 Å². The molecule has 0 radical (unpaired) electrons. The lowest BCUT2D eigenvalue weighted by atomic mass is 10.1. The molecule has 1 aliphatic heterocycles. The molecular weight excluding hydrogens is 256 g/mol. The number of carbonyl (C=O) groups excluding carboxylic acids is 1. The van der Waals surface area contributed by atoms with E-state index in [-0.39, 0.29) is 24.2 Å². The van der Waals surface area contributed by atoms with Gasteiger partial charge in [0.15, 0.2) is 0 Å². The standard InChI is InChI=1S/C15H22N2OS/c1-4-13-16-14(12-8-6-5-7-9-12)15(18)17(13)11(2)10-19-3/h5-9,11,13-14,16H,4,10H2,1-3H3. The van der Waals surface area contributed by atoms with Crippen LogP contribution in [0, 0.1) is 0 Å². The summed E-state index contributed by atoms with van der Waals surface area (Å²) in [5.74, 6) is 1.19. The van der Waals surface area contributed by atoms with Gasteiger partial charge in [-0.15, -0.1) is 0 Å². The van der Waals surface area contributed by atoms with Gasteiger partial charge >= 0.3 is 0 Å². The Morgan fingerprint density at radius 1 is 1.37 bits per heavy atom. The van der Waals surface area contributed by atoms with Crippen LogP contribution in [0.25, 0.3) is 0 Å². The second kappa shape index (κ2) is 6.44. The largest absolute Gasteiger partial charge is 0.322 e. The van der Waals surface area contributed by atoms with Crippen LogP contribution in [0.2, 0.25) is 0 Å². The van der Waals surface area contributed by atoms with Crippen LogP contribution < -0.4 is 5.32 Å². The molecule has 2 rings (SSSR count). The fraction of sp³-hybridized carbons (Fsp3) is 0.533. The smallest absolute Gasteiger partial charge is 0.245 e. The minimum atomic E-state index is -0.185. The van der Waals surface area contributed by atoms with Gasteiger partial charge in [0.05, 0.1) is 6.17 Å². The molecule has 104 valence electrons. The Bertz CT molecular complexity index is 423. The predicted octanol–water partition coefficient (Wildman–Crippen LogP) is 2.65. The molecule has 1 saturated heterocycles. The lowest BCUT2D eigenvalue weighted by Gasteiger charge is -2.29. The minimum Gasteiger partial charge on any atom is -0.322 e. The highest BCUT2D eigenvalue weighted by Gasteiger charge is 2.40. The molecule has 1 N–H and O–H groups in total. The first kappa shape index (κ1) is 14.4. The summed E-state index contributed by atoms with van der Waals surface area (Å²) in [5, 5.41) is 3.46. The third-order valence-corrected chi connectivity index (χ3v) is 4.41. The second-order valence-corrected chi connectivity index (χ2v) is 5.89. The average Bonchev–Trinajstić information content (AvgIpc) is 2.77. The van der Waals surface area contributed by atoms with Crippen molar-refractivity contribution in [2.45, 2.75) is 38.5 Å². The fourth-order valence-electron chi connectivity index (χ4n) is 2.69. The van der Waals surface area contributed by atoms with Crippen LogP contribution in [0.4, 0.5) is 0 Å². The van der Waals surface area contributed by atoms with Crippen LogP contribution in [0.5, 0.6) is 0 Å². The zero-order chi connectivity index (χ0) is 13.8. The third kappa shape index (κ3) is 2.95. The van der Waals surface area contributed by atoms with Crippen molar-refractivity contribution in [1.29, 1.82) is 0 Å². The zero-order valence-electron chi connectivity index (χ0n) is 11.8. The van der Waals surface area contributed by atoms with Gasteiger partial charge in [0.1, 0.15) is 6.04 Å². The van der Waals surface area contributed by atoms with Crippen molar-refractivity contribution in [3.05, 3.63) is 35.9 Å². The Balaban J connectivity index is 2.20. The molecule has 0 spiro atoms. The quantitative estimate of drug-likeness (QED) is 0.898. The molecule has 1 aromatic carbocycles. The molecule has 1 aliphatic rings. The van der Waals surface area contributed by atoms with Gasteiger partial charge < -0.3 is 4.90 Å². The predicted molar refractivity (Wildman–Crippen MR) is 81.1 cm³/mol. The Morgan fingerprint density at radius 2 is 2.05 bits per heavy atom. The van der Waals surface area contributed by atoms with Crippen LogP contribution in [-0.2, 0) is 4.79 Å². The molecule has 0 aliphatic carbocycles. The highest BCUT2D eigenvalue weighted by molar-refractivity contribution is 7.98. The van der Waals surface area contributed by atoms with Crippen LogP contribution >= 0.6 is 11.8 Å². The van der Waals surface area contributed by atoms with Crippen LogP contribution in [-0.4, -0.2) is 35.0 Å².